The average Bonchev–Trinajstić information content (AvgIpc) is 3.75. The molecule has 9 rings (SSSR count). The molecule has 0 aliphatic carbocycles. The molecular weight excluding hydrogens is 641 g/mol. The molecule has 9 aromatic rings. The van der Waals surface area contributed by atoms with Gasteiger partial charge in [0.2, 0.25) is 0 Å². The number of amidine groups is 2. The number of aliphatic imine (C=N–C) groups is 3. The topological polar surface area (TPSA) is 42.0 Å². The fourth-order valence-electron chi connectivity index (χ4n) is 7.00. The summed E-state index contributed by atoms with van der Waals surface area (Å²) in [6.07, 6.45) is 0. The SMILES string of the molecule is C=N/C(=N\C(=N/Cc1ccccc1)c1cccc(-c2cccc(-n3c4ccccc4c4c5sc6ccccc6c5ccc43)c2)c1)c1ccccc1. The summed E-state index contributed by atoms with van der Waals surface area (Å²) in [4.78, 5) is 14.3. The lowest BCUT2D eigenvalue weighted by molar-refractivity contribution is 1.06. The normalized spacial score (nSPS) is 12.3. The predicted molar refractivity (Wildman–Crippen MR) is 218 cm³/mol. The van der Waals surface area contributed by atoms with Crippen LogP contribution < -0.4 is 0 Å². The van der Waals surface area contributed by atoms with Crippen LogP contribution in [0.4, 0.5) is 0 Å². The first kappa shape index (κ1) is 30.6. The second kappa shape index (κ2) is 13.1. The van der Waals surface area contributed by atoms with Crippen molar-refractivity contribution >= 4 is 71.7 Å². The number of aromatic nitrogens is 1. The van der Waals surface area contributed by atoms with E-state index in [9.17, 15) is 0 Å². The molecule has 51 heavy (non-hydrogen) atoms. The fourth-order valence-corrected chi connectivity index (χ4v) is 8.25. The molecule has 2 heterocycles. The van der Waals surface area contributed by atoms with Crippen molar-refractivity contribution in [1.82, 2.24) is 4.57 Å². The van der Waals surface area contributed by atoms with Gasteiger partial charge in [-0.05, 0) is 59.8 Å². The second-order valence-corrected chi connectivity index (χ2v) is 13.6. The van der Waals surface area contributed by atoms with Crippen LogP contribution >= 0.6 is 11.3 Å². The van der Waals surface area contributed by atoms with Crippen molar-refractivity contribution in [3.05, 3.63) is 187 Å². The van der Waals surface area contributed by atoms with Gasteiger partial charge >= 0.3 is 0 Å². The fraction of sp³-hybridized carbons (Fsp3) is 0.0217. The molecule has 242 valence electrons. The van der Waals surface area contributed by atoms with Gasteiger partial charge in [-0.1, -0.05) is 133 Å². The Balaban J connectivity index is 1.17. The molecule has 0 saturated carbocycles. The van der Waals surface area contributed by atoms with Crippen LogP contribution in [0.3, 0.4) is 0 Å². The van der Waals surface area contributed by atoms with Crippen LogP contribution in [0.15, 0.2) is 185 Å². The molecule has 0 aliphatic heterocycles. The van der Waals surface area contributed by atoms with Gasteiger partial charge in [-0.25, -0.2) is 9.98 Å². The molecule has 0 bridgehead atoms. The molecule has 0 radical (unpaired) electrons. The van der Waals surface area contributed by atoms with Gasteiger partial charge in [0.15, 0.2) is 11.7 Å². The molecule has 2 aromatic heterocycles. The van der Waals surface area contributed by atoms with Gasteiger partial charge in [-0.3, -0.25) is 4.99 Å². The van der Waals surface area contributed by atoms with Crippen molar-refractivity contribution in [2.24, 2.45) is 15.0 Å². The summed E-state index contributed by atoms with van der Waals surface area (Å²) in [6, 6.07) is 59.5. The molecule has 0 N–H and O–H groups in total. The lowest BCUT2D eigenvalue weighted by Gasteiger charge is -2.12. The minimum Gasteiger partial charge on any atom is -0.309 e. The zero-order chi connectivity index (χ0) is 34.1. The van der Waals surface area contributed by atoms with Gasteiger partial charge in [0.1, 0.15) is 0 Å². The molecule has 0 aliphatic rings. The van der Waals surface area contributed by atoms with Gasteiger partial charge in [0, 0.05) is 47.8 Å². The van der Waals surface area contributed by atoms with Gasteiger partial charge < -0.3 is 4.57 Å². The highest BCUT2D eigenvalue weighted by molar-refractivity contribution is 7.26. The molecule has 0 unspecified atom stereocenters. The number of rotatable bonds is 6. The van der Waals surface area contributed by atoms with Gasteiger partial charge in [-0.2, -0.15) is 0 Å². The number of fused-ring (bicyclic) bond motifs is 7. The standard InChI is InChI=1S/C46H32N4S/c1-47-45(32-16-6-3-7-17-32)49-46(48-30-31-14-4-2-5-15-31)35-20-12-18-33(28-35)34-19-13-21-36(29-34)50-40-24-10-8-23-39(40)43-41(50)27-26-38-37-22-9-11-25-42(37)51-44(38)43/h2-29H,1,30H2/b48-46-,49-45-. The maximum atomic E-state index is 5.02. The van der Waals surface area contributed by atoms with Crippen LogP contribution in [0, 0.1) is 0 Å². The number of hydrogen-bond acceptors (Lipinski definition) is 2. The van der Waals surface area contributed by atoms with E-state index in [0.29, 0.717) is 18.2 Å². The molecule has 7 aromatic carbocycles. The summed E-state index contributed by atoms with van der Waals surface area (Å²) in [5, 5.41) is 5.19. The lowest BCUT2D eigenvalue weighted by Crippen LogP contribution is -2.05. The highest BCUT2D eigenvalue weighted by Crippen LogP contribution is 2.43. The van der Waals surface area contributed by atoms with Crippen LogP contribution in [0.2, 0.25) is 0 Å². The highest BCUT2D eigenvalue weighted by atomic mass is 32.1. The first-order valence-electron chi connectivity index (χ1n) is 17.0. The zero-order valence-corrected chi connectivity index (χ0v) is 28.6. The maximum Gasteiger partial charge on any atom is 0.161 e. The Hall–Kier alpha value is -6.43. The summed E-state index contributed by atoms with van der Waals surface area (Å²) in [6.45, 7) is 4.33. The predicted octanol–water partition coefficient (Wildman–Crippen LogP) is 11.9. The van der Waals surface area contributed by atoms with Crippen molar-refractivity contribution in [2.75, 3.05) is 0 Å². The summed E-state index contributed by atoms with van der Waals surface area (Å²) in [7, 11) is 0. The van der Waals surface area contributed by atoms with Crippen molar-refractivity contribution < 1.29 is 0 Å². The second-order valence-electron chi connectivity index (χ2n) is 12.5. The third-order valence-corrected chi connectivity index (χ3v) is 10.6. The molecule has 4 nitrogen and oxygen atoms in total. The van der Waals surface area contributed by atoms with E-state index in [2.05, 4.69) is 138 Å². The third-order valence-electron chi connectivity index (χ3n) is 9.39. The Morgan fingerprint density at radius 1 is 0.549 bits per heavy atom. The average molecular weight is 673 g/mol. The molecule has 0 spiro atoms. The van der Waals surface area contributed by atoms with Gasteiger partial charge in [-0.15, -0.1) is 11.3 Å². The number of benzene rings is 7. The van der Waals surface area contributed by atoms with Crippen molar-refractivity contribution in [2.45, 2.75) is 6.54 Å². The van der Waals surface area contributed by atoms with Crippen LogP contribution in [0.5, 0.6) is 0 Å². The van der Waals surface area contributed by atoms with E-state index in [4.69, 9.17) is 9.98 Å². The van der Waals surface area contributed by atoms with E-state index in [-0.39, 0.29) is 0 Å². The van der Waals surface area contributed by atoms with Crippen LogP contribution in [-0.2, 0) is 6.54 Å². The van der Waals surface area contributed by atoms with Crippen LogP contribution in [-0.4, -0.2) is 23.0 Å². The van der Waals surface area contributed by atoms with E-state index in [1.807, 2.05) is 59.9 Å². The monoisotopic (exact) mass is 672 g/mol. The van der Waals surface area contributed by atoms with Crippen molar-refractivity contribution in [3.63, 3.8) is 0 Å². The largest absolute Gasteiger partial charge is 0.309 e. The van der Waals surface area contributed by atoms with Gasteiger partial charge in [0.05, 0.1) is 17.6 Å². The molecular formula is C46H32N4S. The Kier molecular flexibility index (Phi) is 7.88. The van der Waals surface area contributed by atoms with Gasteiger partial charge in [0.25, 0.3) is 0 Å². The van der Waals surface area contributed by atoms with Crippen LogP contribution in [0.1, 0.15) is 16.7 Å². The molecule has 0 fully saturated rings. The Bertz CT molecular complexity index is 2790. The number of hydrogen-bond donors (Lipinski definition) is 0. The Morgan fingerprint density at radius 3 is 2.06 bits per heavy atom. The third kappa shape index (κ3) is 5.64. The summed E-state index contributed by atoms with van der Waals surface area (Å²) in [5.41, 5.74) is 8.62. The summed E-state index contributed by atoms with van der Waals surface area (Å²) >= 11 is 1.88. The molecule has 0 saturated heterocycles. The Morgan fingerprint density at radius 2 is 1.24 bits per heavy atom. The Labute approximate surface area is 300 Å². The van der Waals surface area contributed by atoms with Crippen molar-refractivity contribution in [1.29, 1.82) is 0 Å². The minimum atomic E-state index is 0.499. The van der Waals surface area contributed by atoms with Crippen molar-refractivity contribution in [3.8, 4) is 16.8 Å². The van der Waals surface area contributed by atoms with E-state index in [1.54, 1.807) is 0 Å². The highest BCUT2D eigenvalue weighted by Gasteiger charge is 2.18. The molecule has 0 atom stereocenters. The maximum absolute atomic E-state index is 5.02. The lowest BCUT2D eigenvalue weighted by atomic mass is 10.0. The van der Waals surface area contributed by atoms with Crippen LogP contribution in [0.25, 0.3) is 58.8 Å². The first-order chi connectivity index (χ1) is 25.2. The zero-order valence-electron chi connectivity index (χ0n) is 27.8. The van der Waals surface area contributed by atoms with E-state index in [1.165, 1.54) is 42.0 Å². The molecule has 0 amide bonds. The quantitative estimate of drug-likeness (QED) is 0.125. The minimum absolute atomic E-state index is 0.499. The van der Waals surface area contributed by atoms with E-state index >= 15 is 0 Å². The summed E-state index contributed by atoms with van der Waals surface area (Å²) in [5.74, 6) is 1.15. The number of para-hydroxylation sites is 1. The number of nitrogens with zero attached hydrogens (tertiary/aromatic N) is 4. The summed E-state index contributed by atoms with van der Waals surface area (Å²) < 4.78 is 5.05. The van der Waals surface area contributed by atoms with E-state index < -0.39 is 0 Å². The first-order valence-corrected chi connectivity index (χ1v) is 17.8. The smallest absolute Gasteiger partial charge is 0.161 e. The number of thiophene rings is 1. The molecule has 5 heteroatoms. The van der Waals surface area contributed by atoms with E-state index in [0.717, 1.165) is 33.5 Å².